The van der Waals surface area contributed by atoms with Crippen LogP contribution in [0.3, 0.4) is 0 Å². The standard InChI is InChI=1S/C24H24ClNO3/c1-4-28-23-20(25)13-19(14-22(23)29-15-18-8-6-5-7-9-18)24(27)26-21-12-16(2)10-11-17(21)3/h5-14H,4,15H2,1-3H3,(H,26,27). The molecule has 3 aromatic carbocycles. The molecule has 0 aliphatic rings. The molecular weight excluding hydrogens is 386 g/mol. The van der Waals surface area contributed by atoms with E-state index in [1.807, 2.05) is 69.3 Å². The summed E-state index contributed by atoms with van der Waals surface area (Å²) in [4.78, 5) is 12.9. The minimum atomic E-state index is -0.256. The Hall–Kier alpha value is -2.98. The number of anilines is 1. The zero-order valence-electron chi connectivity index (χ0n) is 16.8. The number of ether oxygens (including phenoxy) is 2. The quantitative estimate of drug-likeness (QED) is 0.506. The van der Waals surface area contributed by atoms with E-state index in [1.165, 1.54) is 0 Å². The summed E-state index contributed by atoms with van der Waals surface area (Å²) in [5.41, 5.74) is 4.24. The number of hydrogen-bond acceptors (Lipinski definition) is 3. The molecule has 0 saturated heterocycles. The van der Waals surface area contributed by atoms with Gasteiger partial charge in [-0.2, -0.15) is 0 Å². The Labute approximate surface area is 176 Å². The summed E-state index contributed by atoms with van der Waals surface area (Å²) >= 11 is 6.41. The molecule has 0 saturated carbocycles. The number of benzene rings is 3. The van der Waals surface area contributed by atoms with Gasteiger partial charge in [-0.15, -0.1) is 0 Å². The lowest BCUT2D eigenvalue weighted by Gasteiger charge is -2.16. The van der Waals surface area contributed by atoms with Gasteiger partial charge in [-0.05, 0) is 55.7 Å². The highest BCUT2D eigenvalue weighted by Crippen LogP contribution is 2.37. The van der Waals surface area contributed by atoms with Crippen molar-refractivity contribution in [3.05, 3.63) is 87.9 Å². The first kappa shape index (κ1) is 20.7. The van der Waals surface area contributed by atoms with Gasteiger partial charge in [0.15, 0.2) is 11.5 Å². The largest absolute Gasteiger partial charge is 0.488 e. The number of halogens is 1. The van der Waals surface area contributed by atoms with Gasteiger partial charge in [0.1, 0.15) is 6.61 Å². The van der Waals surface area contributed by atoms with Gasteiger partial charge in [-0.1, -0.05) is 54.1 Å². The molecule has 0 bridgehead atoms. The van der Waals surface area contributed by atoms with Crippen molar-refractivity contribution in [2.75, 3.05) is 11.9 Å². The number of rotatable bonds is 7. The third-order valence-electron chi connectivity index (χ3n) is 4.44. The van der Waals surface area contributed by atoms with E-state index in [-0.39, 0.29) is 5.91 Å². The molecule has 5 heteroatoms. The maximum absolute atomic E-state index is 12.9. The van der Waals surface area contributed by atoms with Gasteiger partial charge in [-0.3, -0.25) is 4.79 Å². The fraction of sp³-hybridized carbons (Fsp3) is 0.208. The molecule has 0 aromatic heterocycles. The van der Waals surface area contributed by atoms with Crippen molar-refractivity contribution in [3.8, 4) is 11.5 Å². The number of carbonyl (C=O) groups is 1. The lowest BCUT2D eigenvalue weighted by atomic mass is 10.1. The molecule has 0 radical (unpaired) electrons. The molecule has 29 heavy (non-hydrogen) atoms. The van der Waals surface area contributed by atoms with E-state index in [1.54, 1.807) is 12.1 Å². The van der Waals surface area contributed by atoms with Crippen LogP contribution in [0.15, 0.2) is 60.7 Å². The molecule has 0 spiro atoms. The van der Waals surface area contributed by atoms with Crippen molar-refractivity contribution in [2.45, 2.75) is 27.4 Å². The third kappa shape index (κ3) is 5.30. The van der Waals surface area contributed by atoms with Crippen molar-refractivity contribution in [1.29, 1.82) is 0 Å². The minimum absolute atomic E-state index is 0.256. The fourth-order valence-electron chi connectivity index (χ4n) is 2.89. The predicted molar refractivity (Wildman–Crippen MR) is 117 cm³/mol. The van der Waals surface area contributed by atoms with E-state index in [0.717, 1.165) is 22.4 Å². The average Bonchev–Trinajstić information content (AvgIpc) is 2.71. The summed E-state index contributed by atoms with van der Waals surface area (Å²) in [6.07, 6.45) is 0. The first-order valence-electron chi connectivity index (χ1n) is 9.49. The molecule has 0 unspecified atom stereocenters. The molecule has 0 atom stereocenters. The van der Waals surface area contributed by atoms with E-state index in [0.29, 0.717) is 35.3 Å². The van der Waals surface area contributed by atoms with Crippen LogP contribution in [0.1, 0.15) is 34.0 Å². The molecule has 1 N–H and O–H groups in total. The number of carbonyl (C=O) groups excluding carboxylic acids is 1. The SMILES string of the molecule is CCOc1c(Cl)cc(C(=O)Nc2cc(C)ccc2C)cc1OCc1ccccc1. The maximum atomic E-state index is 12.9. The molecule has 150 valence electrons. The summed E-state index contributed by atoms with van der Waals surface area (Å²) < 4.78 is 11.6. The van der Waals surface area contributed by atoms with Crippen LogP contribution in [0.25, 0.3) is 0 Å². The molecule has 4 nitrogen and oxygen atoms in total. The van der Waals surface area contributed by atoms with Crippen LogP contribution >= 0.6 is 11.6 Å². The van der Waals surface area contributed by atoms with Gasteiger partial charge < -0.3 is 14.8 Å². The normalized spacial score (nSPS) is 10.5. The van der Waals surface area contributed by atoms with Gasteiger partial charge in [0.2, 0.25) is 0 Å². The summed E-state index contributed by atoms with van der Waals surface area (Å²) in [6.45, 7) is 6.60. The summed E-state index contributed by atoms with van der Waals surface area (Å²) in [5.74, 6) is 0.621. The molecule has 3 aromatic rings. The van der Waals surface area contributed by atoms with E-state index in [4.69, 9.17) is 21.1 Å². The zero-order chi connectivity index (χ0) is 20.8. The molecule has 0 fully saturated rings. The first-order valence-corrected chi connectivity index (χ1v) is 9.87. The molecular formula is C24H24ClNO3. The van der Waals surface area contributed by atoms with E-state index < -0.39 is 0 Å². The lowest BCUT2D eigenvalue weighted by molar-refractivity contribution is 0.102. The highest BCUT2D eigenvalue weighted by Gasteiger charge is 2.17. The Kier molecular flexibility index (Phi) is 6.78. The maximum Gasteiger partial charge on any atom is 0.255 e. The second kappa shape index (κ2) is 9.48. The molecule has 0 heterocycles. The van der Waals surface area contributed by atoms with E-state index >= 15 is 0 Å². The highest BCUT2D eigenvalue weighted by molar-refractivity contribution is 6.32. The lowest BCUT2D eigenvalue weighted by Crippen LogP contribution is -2.13. The van der Waals surface area contributed by atoms with Gasteiger partial charge in [0.05, 0.1) is 11.6 Å². The first-order chi connectivity index (χ1) is 14.0. The van der Waals surface area contributed by atoms with Crippen molar-refractivity contribution < 1.29 is 14.3 Å². The van der Waals surface area contributed by atoms with Crippen LogP contribution in [-0.2, 0) is 6.61 Å². The van der Waals surface area contributed by atoms with Crippen molar-refractivity contribution >= 4 is 23.2 Å². The highest BCUT2D eigenvalue weighted by atomic mass is 35.5. The average molecular weight is 410 g/mol. The van der Waals surface area contributed by atoms with Crippen LogP contribution in [-0.4, -0.2) is 12.5 Å². The van der Waals surface area contributed by atoms with Crippen LogP contribution < -0.4 is 14.8 Å². The van der Waals surface area contributed by atoms with Crippen molar-refractivity contribution in [2.24, 2.45) is 0 Å². The smallest absolute Gasteiger partial charge is 0.255 e. The summed E-state index contributed by atoms with van der Waals surface area (Å²) in [6, 6.07) is 19.0. The number of nitrogens with one attached hydrogen (secondary N) is 1. The predicted octanol–water partition coefficient (Wildman–Crippen LogP) is 6.19. The van der Waals surface area contributed by atoms with Crippen molar-refractivity contribution in [1.82, 2.24) is 0 Å². The third-order valence-corrected chi connectivity index (χ3v) is 4.72. The minimum Gasteiger partial charge on any atom is -0.488 e. The topological polar surface area (TPSA) is 47.6 Å². The van der Waals surface area contributed by atoms with Crippen LogP contribution in [0.2, 0.25) is 5.02 Å². The molecule has 1 amide bonds. The molecule has 0 aliphatic heterocycles. The van der Waals surface area contributed by atoms with Gasteiger partial charge in [0.25, 0.3) is 5.91 Å². The Morgan fingerprint density at radius 1 is 1.00 bits per heavy atom. The van der Waals surface area contributed by atoms with Crippen LogP contribution in [0, 0.1) is 13.8 Å². The Morgan fingerprint density at radius 2 is 1.76 bits per heavy atom. The summed E-state index contributed by atoms with van der Waals surface area (Å²) in [7, 11) is 0. The zero-order valence-corrected chi connectivity index (χ0v) is 17.5. The fourth-order valence-corrected chi connectivity index (χ4v) is 3.16. The molecule has 3 rings (SSSR count). The van der Waals surface area contributed by atoms with E-state index in [9.17, 15) is 4.79 Å². The number of aryl methyl sites for hydroxylation is 2. The van der Waals surface area contributed by atoms with Crippen molar-refractivity contribution in [3.63, 3.8) is 0 Å². The number of amides is 1. The van der Waals surface area contributed by atoms with Gasteiger partial charge in [0, 0.05) is 11.3 Å². The Morgan fingerprint density at radius 3 is 2.48 bits per heavy atom. The second-order valence-electron chi connectivity index (χ2n) is 6.77. The molecule has 0 aliphatic carbocycles. The monoisotopic (exact) mass is 409 g/mol. The van der Waals surface area contributed by atoms with Gasteiger partial charge >= 0.3 is 0 Å². The second-order valence-corrected chi connectivity index (χ2v) is 7.17. The Bertz CT molecular complexity index is 1000. The van der Waals surface area contributed by atoms with Crippen LogP contribution in [0.4, 0.5) is 5.69 Å². The van der Waals surface area contributed by atoms with Crippen LogP contribution in [0.5, 0.6) is 11.5 Å². The van der Waals surface area contributed by atoms with Gasteiger partial charge in [-0.25, -0.2) is 0 Å². The van der Waals surface area contributed by atoms with E-state index in [2.05, 4.69) is 5.32 Å². The number of hydrogen-bond donors (Lipinski definition) is 1. The Balaban J connectivity index is 1.87. The summed E-state index contributed by atoms with van der Waals surface area (Å²) in [5, 5.41) is 3.29.